The zero-order chi connectivity index (χ0) is 38.9. The second-order valence-corrected chi connectivity index (χ2v) is 16.3. The lowest BCUT2D eigenvalue weighted by molar-refractivity contribution is -0.144. The predicted octanol–water partition coefficient (Wildman–Crippen LogP) is 7.46. The summed E-state index contributed by atoms with van der Waals surface area (Å²) in [6.45, 7) is 5.85. The van der Waals surface area contributed by atoms with E-state index in [1.54, 1.807) is 6.20 Å². The summed E-state index contributed by atoms with van der Waals surface area (Å²) in [6.07, 6.45) is 13.0. The van der Waals surface area contributed by atoms with Crippen molar-refractivity contribution in [2.45, 2.75) is 121 Å². The fourth-order valence-electron chi connectivity index (χ4n) is 8.67. The number of piperidine rings is 1. The number of aromatic nitrogens is 2. The molecular formula is C45H52N6O5. The molecule has 2 amide bonds. The molecule has 3 heterocycles. The van der Waals surface area contributed by atoms with Crippen LogP contribution in [0.1, 0.15) is 130 Å². The van der Waals surface area contributed by atoms with Gasteiger partial charge in [0.2, 0.25) is 0 Å². The Labute approximate surface area is 328 Å². The van der Waals surface area contributed by atoms with Crippen LogP contribution in [0.15, 0.2) is 60.9 Å². The number of likely N-dealkylation sites (tertiary alicyclic amines) is 1. The van der Waals surface area contributed by atoms with Gasteiger partial charge >= 0.3 is 5.97 Å². The van der Waals surface area contributed by atoms with E-state index in [-0.39, 0.29) is 24.0 Å². The highest BCUT2D eigenvalue weighted by Crippen LogP contribution is 2.43. The number of carboxylic acids is 1. The molecule has 56 heavy (non-hydrogen) atoms. The van der Waals surface area contributed by atoms with Crippen molar-refractivity contribution >= 4 is 29.2 Å². The summed E-state index contributed by atoms with van der Waals surface area (Å²) in [5.41, 5.74) is 10.1. The van der Waals surface area contributed by atoms with Crippen molar-refractivity contribution in [1.82, 2.24) is 20.2 Å². The summed E-state index contributed by atoms with van der Waals surface area (Å²) in [5, 5.41) is 29.8. The number of aliphatic hydroxyl groups is 1. The number of nitrogens with one attached hydrogen (secondary N) is 3. The molecule has 11 nitrogen and oxygen atoms in total. The lowest BCUT2D eigenvalue weighted by Gasteiger charge is -2.33. The maximum Gasteiger partial charge on any atom is 0.320 e. The normalized spacial score (nSPS) is 21.2. The number of amides is 2. The molecule has 2 aromatic heterocycles. The van der Waals surface area contributed by atoms with Gasteiger partial charge in [0.1, 0.15) is 17.4 Å². The first-order valence-electron chi connectivity index (χ1n) is 20.3. The number of hydrogen-bond donors (Lipinski definition) is 5. The first-order valence-corrected chi connectivity index (χ1v) is 20.3. The molecule has 5 N–H and O–H groups in total. The molecule has 4 aromatic rings. The lowest BCUT2D eigenvalue weighted by Crippen LogP contribution is -2.44. The van der Waals surface area contributed by atoms with E-state index in [2.05, 4.69) is 25.9 Å². The number of pyridine rings is 2. The zero-order valence-electron chi connectivity index (χ0n) is 32.3. The van der Waals surface area contributed by atoms with Gasteiger partial charge in [0.25, 0.3) is 11.8 Å². The Bertz CT molecular complexity index is 2150. The van der Waals surface area contributed by atoms with E-state index in [1.807, 2.05) is 73.5 Å². The Morgan fingerprint density at radius 2 is 1.30 bits per heavy atom. The molecule has 292 valence electrons. The SMILES string of the molecule is Cc1c(NC(=O)c2cc(C3CC3)c(CN[C@H]3CCC[C@H]3O)cn2)cccc1-c1cccc(NC(=O)c2cc(C3CC3)c(CN3CCCC[C@H]3C(=O)O)cn2)c1C. The van der Waals surface area contributed by atoms with Crippen LogP contribution in [0.2, 0.25) is 0 Å². The van der Waals surface area contributed by atoms with Gasteiger partial charge in [0.05, 0.1) is 6.10 Å². The number of carbonyl (C=O) groups is 3. The van der Waals surface area contributed by atoms with Crippen molar-refractivity contribution in [2.75, 3.05) is 17.2 Å². The smallest absolute Gasteiger partial charge is 0.320 e. The summed E-state index contributed by atoms with van der Waals surface area (Å²) in [4.78, 5) is 50.5. The van der Waals surface area contributed by atoms with E-state index < -0.39 is 12.0 Å². The Morgan fingerprint density at radius 1 is 0.732 bits per heavy atom. The highest BCUT2D eigenvalue weighted by molar-refractivity contribution is 6.05. The number of aliphatic hydroxyl groups excluding tert-OH is 1. The monoisotopic (exact) mass is 756 g/mol. The first kappa shape index (κ1) is 37.9. The molecule has 1 aliphatic heterocycles. The number of rotatable bonds is 13. The molecule has 0 radical (unpaired) electrons. The van der Waals surface area contributed by atoms with E-state index in [0.717, 1.165) is 109 Å². The van der Waals surface area contributed by atoms with Gasteiger partial charge in [-0.05, 0) is 159 Å². The largest absolute Gasteiger partial charge is 0.480 e. The third kappa shape index (κ3) is 8.26. The van der Waals surface area contributed by atoms with Gasteiger partial charge in [0, 0.05) is 42.9 Å². The van der Waals surface area contributed by atoms with Gasteiger partial charge in [0.15, 0.2) is 0 Å². The van der Waals surface area contributed by atoms with Crippen molar-refractivity contribution in [3.63, 3.8) is 0 Å². The summed E-state index contributed by atoms with van der Waals surface area (Å²) in [6, 6.07) is 15.1. The van der Waals surface area contributed by atoms with E-state index >= 15 is 0 Å². The maximum absolute atomic E-state index is 13.7. The Balaban J connectivity index is 0.968. The average Bonchev–Trinajstić information content (AvgIpc) is 4.14. The molecule has 4 fully saturated rings. The lowest BCUT2D eigenvalue weighted by atomic mass is 9.94. The summed E-state index contributed by atoms with van der Waals surface area (Å²) >= 11 is 0. The van der Waals surface area contributed by atoms with Crippen LogP contribution < -0.4 is 16.0 Å². The van der Waals surface area contributed by atoms with E-state index in [4.69, 9.17) is 0 Å². The molecule has 3 aliphatic carbocycles. The van der Waals surface area contributed by atoms with Gasteiger partial charge in [-0.25, -0.2) is 0 Å². The van der Waals surface area contributed by atoms with Gasteiger partial charge in [-0.2, -0.15) is 0 Å². The van der Waals surface area contributed by atoms with Crippen LogP contribution in [0.4, 0.5) is 11.4 Å². The standard InChI is InChI=1S/C45H52N6O5/c1-26-32(8-5-10-36(26)49-43(53)39-20-34(28-15-16-28)30(23-47-39)22-46-38-12-7-14-42(38)52)33-9-6-11-37(27(33)2)50-44(54)40-21-35(29-17-18-29)31(24-48-40)25-51-19-4-3-13-41(51)45(55)56/h5-6,8-11,20-21,23-24,28-29,38,41-42,46,52H,3-4,7,12-19,22,25H2,1-2H3,(H,49,53)(H,50,54)(H,55,56)/t38-,41-,42+/m0/s1. The Kier molecular flexibility index (Phi) is 11.0. The molecule has 8 rings (SSSR count). The van der Waals surface area contributed by atoms with Crippen LogP contribution in [-0.2, 0) is 17.9 Å². The highest BCUT2D eigenvalue weighted by Gasteiger charge is 2.33. The fraction of sp³-hybridized carbons (Fsp3) is 0.444. The van der Waals surface area contributed by atoms with Gasteiger partial charge in [-0.15, -0.1) is 0 Å². The van der Waals surface area contributed by atoms with E-state index in [9.17, 15) is 24.6 Å². The third-order valence-electron chi connectivity index (χ3n) is 12.3. The van der Waals surface area contributed by atoms with Crippen LogP contribution in [0, 0.1) is 13.8 Å². The fourth-order valence-corrected chi connectivity index (χ4v) is 8.67. The molecule has 0 unspecified atom stereocenters. The summed E-state index contributed by atoms with van der Waals surface area (Å²) < 4.78 is 0. The zero-order valence-corrected chi connectivity index (χ0v) is 32.3. The molecule has 4 aliphatic rings. The predicted molar refractivity (Wildman–Crippen MR) is 216 cm³/mol. The van der Waals surface area contributed by atoms with Crippen LogP contribution in [-0.4, -0.2) is 67.6 Å². The van der Waals surface area contributed by atoms with Crippen molar-refractivity contribution in [2.24, 2.45) is 0 Å². The van der Waals surface area contributed by atoms with Gasteiger partial charge in [-0.3, -0.25) is 29.3 Å². The number of benzene rings is 2. The van der Waals surface area contributed by atoms with Crippen LogP contribution in [0.25, 0.3) is 11.1 Å². The molecule has 3 saturated carbocycles. The number of hydrogen-bond acceptors (Lipinski definition) is 8. The number of nitrogens with zero attached hydrogens (tertiary/aromatic N) is 3. The van der Waals surface area contributed by atoms with Crippen LogP contribution in [0.3, 0.4) is 0 Å². The average molecular weight is 757 g/mol. The first-order chi connectivity index (χ1) is 27.1. The minimum absolute atomic E-state index is 0.0998. The van der Waals surface area contributed by atoms with Crippen LogP contribution >= 0.6 is 0 Å². The van der Waals surface area contributed by atoms with Crippen molar-refractivity contribution in [1.29, 1.82) is 0 Å². The summed E-state index contributed by atoms with van der Waals surface area (Å²) in [5.74, 6) is -0.545. The number of carbonyl (C=O) groups excluding carboxylic acids is 2. The molecule has 0 bridgehead atoms. The second kappa shape index (κ2) is 16.3. The minimum Gasteiger partial charge on any atom is -0.480 e. The molecule has 0 spiro atoms. The topological polar surface area (TPSA) is 157 Å². The van der Waals surface area contributed by atoms with Crippen molar-refractivity contribution < 1.29 is 24.6 Å². The number of aliphatic carboxylic acids is 1. The maximum atomic E-state index is 13.7. The number of anilines is 2. The van der Waals surface area contributed by atoms with Gasteiger partial charge < -0.3 is 26.2 Å². The molecule has 3 atom stereocenters. The highest BCUT2D eigenvalue weighted by atomic mass is 16.4. The Hall–Kier alpha value is -4.97. The van der Waals surface area contributed by atoms with Crippen molar-refractivity contribution in [3.05, 3.63) is 106 Å². The quantitative estimate of drug-likeness (QED) is 0.0935. The van der Waals surface area contributed by atoms with E-state index in [0.29, 0.717) is 54.1 Å². The van der Waals surface area contributed by atoms with E-state index in [1.165, 1.54) is 0 Å². The summed E-state index contributed by atoms with van der Waals surface area (Å²) in [7, 11) is 0. The number of carboxylic acid groups (broad SMARTS) is 1. The minimum atomic E-state index is -0.780. The Morgan fingerprint density at radius 3 is 1.84 bits per heavy atom. The molecule has 1 saturated heterocycles. The van der Waals surface area contributed by atoms with Gasteiger partial charge in [-0.1, -0.05) is 30.7 Å². The molecule has 2 aromatic carbocycles. The van der Waals surface area contributed by atoms with Crippen LogP contribution in [0.5, 0.6) is 0 Å². The second-order valence-electron chi connectivity index (χ2n) is 16.3. The molecule has 11 heteroatoms. The van der Waals surface area contributed by atoms with Crippen molar-refractivity contribution in [3.8, 4) is 11.1 Å². The molecular weight excluding hydrogens is 705 g/mol. The third-order valence-corrected chi connectivity index (χ3v) is 12.3.